The van der Waals surface area contributed by atoms with E-state index in [9.17, 15) is 14.8 Å². The fraction of sp³-hybridized carbons (Fsp3) is 0.581. The van der Waals surface area contributed by atoms with Crippen molar-refractivity contribution in [3.05, 3.63) is 58.2 Å². The SMILES string of the molecule is CCC(=O)/C(=N/O)c1ccc([C@@H]2CC(=O)C=C3CC[C@@H]4C(=C32)CC[C@@]2(C)[C@H]4CC[C@]2(COC)OC)cc1. The van der Waals surface area contributed by atoms with Gasteiger partial charge in [0, 0.05) is 44.0 Å². The van der Waals surface area contributed by atoms with E-state index in [1.54, 1.807) is 19.6 Å². The number of nitrogens with zero attached hydrogens (tertiary/aromatic N) is 1. The number of rotatable bonds is 7. The molecular formula is C31H39NO5. The molecule has 1 N–H and O–H groups in total. The van der Waals surface area contributed by atoms with Crippen LogP contribution in [0.5, 0.6) is 0 Å². The van der Waals surface area contributed by atoms with Gasteiger partial charge in [-0.15, -0.1) is 0 Å². The molecule has 0 radical (unpaired) electrons. The second kappa shape index (κ2) is 9.95. The third kappa shape index (κ3) is 4.04. The number of ketones is 2. The summed E-state index contributed by atoms with van der Waals surface area (Å²) in [4.78, 5) is 25.0. The fourth-order valence-electron chi connectivity index (χ4n) is 8.19. The number of benzene rings is 1. The van der Waals surface area contributed by atoms with Crippen molar-refractivity contribution in [3.8, 4) is 0 Å². The molecule has 0 saturated heterocycles. The van der Waals surface area contributed by atoms with Gasteiger partial charge in [-0.1, -0.05) is 48.8 Å². The molecule has 0 amide bonds. The quantitative estimate of drug-likeness (QED) is 0.289. The highest BCUT2D eigenvalue weighted by molar-refractivity contribution is 6.45. The van der Waals surface area contributed by atoms with Gasteiger partial charge in [-0.2, -0.15) is 0 Å². The smallest absolute Gasteiger partial charge is 0.184 e. The molecule has 1 aromatic carbocycles. The van der Waals surface area contributed by atoms with Crippen LogP contribution in [-0.4, -0.2) is 48.9 Å². The van der Waals surface area contributed by atoms with Crippen molar-refractivity contribution in [2.45, 2.75) is 76.7 Å². The van der Waals surface area contributed by atoms with Crippen molar-refractivity contribution in [3.63, 3.8) is 0 Å². The van der Waals surface area contributed by atoms with E-state index in [-0.39, 0.29) is 40.6 Å². The zero-order valence-corrected chi connectivity index (χ0v) is 22.5. The van der Waals surface area contributed by atoms with Gasteiger partial charge in [0.1, 0.15) is 0 Å². The van der Waals surface area contributed by atoms with Crippen LogP contribution < -0.4 is 0 Å². The second-order valence-electron chi connectivity index (χ2n) is 11.5. The Balaban J connectivity index is 1.52. The van der Waals surface area contributed by atoms with Crippen molar-refractivity contribution in [2.24, 2.45) is 22.4 Å². The molecule has 1 aromatic rings. The van der Waals surface area contributed by atoms with Gasteiger partial charge in [0.15, 0.2) is 17.3 Å². The number of fused-ring (bicyclic) bond motifs is 4. The van der Waals surface area contributed by atoms with Crippen LogP contribution in [0.2, 0.25) is 0 Å². The summed E-state index contributed by atoms with van der Waals surface area (Å²) in [6.45, 7) is 4.80. The van der Waals surface area contributed by atoms with Crippen LogP contribution in [0, 0.1) is 17.3 Å². The lowest BCUT2D eigenvalue weighted by molar-refractivity contribution is -0.147. The molecule has 5 rings (SSSR count). The first-order valence-corrected chi connectivity index (χ1v) is 13.7. The Kier molecular flexibility index (Phi) is 7.01. The van der Waals surface area contributed by atoms with Gasteiger partial charge in [-0.05, 0) is 73.1 Å². The molecule has 6 heteroatoms. The molecule has 6 nitrogen and oxygen atoms in total. The van der Waals surface area contributed by atoms with Crippen LogP contribution in [0.4, 0.5) is 0 Å². The lowest BCUT2D eigenvalue weighted by atomic mass is 9.54. The minimum absolute atomic E-state index is 0.0210. The van der Waals surface area contributed by atoms with Gasteiger partial charge < -0.3 is 14.7 Å². The van der Waals surface area contributed by atoms with Gasteiger partial charge in [0.05, 0.1) is 12.2 Å². The molecule has 0 heterocycles. The van der Waals surface area contributed by atoms with Gasteiger partial charge in [-0.25, -0.2) is 0 Å². The van der Waals surface area contributed by atoms with Crippen molar-refractivity contribution in [1.82, 2.24) is 0 Å². The Morgan fingerprint density at radius 2 is 1.89 bits per heavy atom. The van der Waals surface area contributed by atoms with Crippen molar-refractivity contribution < 1.29 is 24.3 Å². The molecule has 37 heavy (non-hydrogen) atoms. The molecule has 198 valence electrons. The van der Waals surface area contributed by atoms with E-state index in [0.717, 1.165) is 44.1 Å². The highest BCUT2D eigenvalue weighted by Crippen LogP contribution is 2.65. The topological polar surface area (TPSA) is 85.2 Å². The van der Waals surface area contributed by atoms with Gasteiger partial charge in [0.25, 0.3) is 0 Å². The fourth-order valence-corrected chi connectivity index (χ4v) is 8.19. The standard InChI is InChI=1S/C31H39NO5/c1-5-27(34)29(32-35)20-8-6-19(7-9-20)25-17-22(33)16-21-10-11-23-24(28(21)25)12-14-30(2)26(23)13-15-31(30,37-4)18-36-3/h6-9,16,23,25-26,35H,5,10-15,17-18H2,1-4H3/b32-29+/t23-,25+,26+,30+,31-/m1/s1. The third-order valence-corrected chi connectivity index (χ3v) is 10.1. The molecule has 4 aliphatic rings. The summed E-state index contributed by atoms with van der Waals surface area (Å²) >= 11 is 0. The molecule has 4 aliphatic carbocycles. The van der Waals surface area contributed by atoms with E-state index in [4.69, 9.17) is 9.47 Å². The molecule has 0 aromatic heterocycles. The van der Waals surface area contributed by atoms with Crippen LogP contribution in [0.3, 0.4) is 0 Å². The summed E-state index contributed by atoms with van der Waals surface area (Å²) in [6.07, 6.45) is 8.92. The molecular weight excluding hydrogens is 466 g/mol. The monoisotopic (exact) mass is 505 g/mol. The van der Waals surface area contributed by atoms with Crippen molar-refractivity contribution >= 4 is 17.3 Å². The van der Waals surface area contributed by atoms with Crippen LogP contribution >= 0.6 is 0 Å². The number of carbonyl (C=O) groups is 2. The van der Waals surface area contributed by atoms with Gasteiger partial charge >= 0.3 is 0 Å². The number of carbonyl (C=O) groups excluding carboxylic acids is 2. The van der Waals surface area contributed by atoms with Crippen LogP contribution in [-0.2, 0) is 19.1 Å². The molecule has 0 spiro atoms. The van der Waals surface area contributed by atoms with E-state index in [2.05, 4.69) is 12.1 Å². The number of hydrogen-bond donors (Lipinski definition) is 1. The maximum atomic E-state index is 12.8. The molecule has 0 unspecified atom stereocenters. The van der Waals surface area contributed by atoms with E-state index < -0.39 is 0 Å². The summed E-state index contributed by atoms with van der Waals surface area (Å²) in [7, 11) is 3.61. The van der Waals surface area contributed by atoms with E-state index >= 15 is 0 Å². The Morgan fingerprint density at radius 1 is 1.14 bits per heavy atom. The summed E-state index contributed by atoms with van der Waals surface area (Å²) in [6, 6.07) is 7.69. The van der Waals surface area contributed by atoms with Crippen LogP contribution in [0.1, 0.15) is 82.3 Å². The minimum Gasteiger partial charge on any atom is -0.410 e. The van der Waals surface area contributed by atoms with Crippen LogP contribution in [0.25, 0.3) is 0 Å². The minimum atomic E-state index is -0.238. The first-order chi connectivity index (χ1) is 17.8. The Hall–Kier alpha value is -2.57. The first-order valence-electron chi connectivity index (χ1n) is 13.7. The normalized spacial score (nSPS) is 33.5. The molecule has 2 saturated carbocycles. The third-order valence-electron chi connectivity index (χ3n) is 10.1. The number of Topliss-reactive ketones (excluding diaryl/α,β-unsaturated/α-hetero) is 1. The maximum absolute atomic E-state index is 12.8. The molecule has 5 atom stereocenters. The summed E-state index contributed by atoms with van der Waals surface area (Å²) in [5, 5.41) is 12.6. The number of methoxy groups -OCH3 is 2. The van der Waals surface area contributed by atoms with E-state index in [1.807, 2.05) is 37.5 Å². The highest BCUT2D eigenvalue weighted by Gasteiger charge is 2.62. The Morgan fingerprint density at radius 3 is 2.54 bits per heavy atom. The second-order valence-corrected chi connectivity index (χ2v) is 11.5. The lowest BCUT2D eigenvalue weighted by Gasteiger charge is -2.53. The van der Waals surface area contributed by atoms with E-state index in [1.165, 1.54) is 11.1 Å². The predicted octanol–water partition coefficient (Wildman–Crippen LogP) is 5.78. The lowest BCUT2D eigenvalue weighted by Crippen LogP contribution is -2.53. The maximum Gasteiger partial charge on any atom is 0.184 e. The van der Waals surface area contributed by atoms with Crippen molar-refractivity contribution in [2.75, 3.05) is 20.8 Å². The summed E-state index contributed by atoms with van der Waals surface area (Å²) in [5.41, 5.74) is 5.74. The van der Waals surface area contributed by atoms with E-state index in [0.29, 0.717) is 30.4 Å². The summed E-state index contributed by atoms with van der Waals surface area (Å²) in [5.74, 6) is 1.06. The average Bonchev–Trinajstić information content (AvgIpc) is 3.21. The number of hydrogen-bond acceptors (Lipinski definition) is 6. The summed E-state index contributed by atoms with van der Waals surface area (Å²) < 4.78 is 11.9. The first kappa shape index (κ1) is 26.1. The zero-order chi connectivity index (χ0) is 26.4. The number of ether oxygens (including phenoxy) is 2. The van der Waals surface area contributed by atoms with Gasteiger partial charge in [-0.3, -0.25) is 9.59 Å². The highest BCUT2D eigenvalue weighted by atomic mass is 16.5. The van der Waals surface area contributed by atoms with Crippen LogP contribution in [0.15, 0.2) is 52.2 Å². The molecule has 2 fully saturated rings. The number of oxime groups is 1. The van der Waals surface area contributed by atoms with Crippen molar-refractivity contribution in [1.29, 1.82) is 0 Å². The van der Waals surface area contributed by atoms with Gasteiger partial charge in [0.2, 0.25) is 0 Å². The molecule has 0 bridgehead atoms. The zero-order valence-electron chi connectivity index (χ0n) is 22.5. The Labute approximate surface area is 219 Å². The molecule has 0 aliphatic heterocycles. The predicted molar refractivity (Wildman–Crippen MR) is 142 cm³/mol. The Bertz CT molecular complexity index is 1180. The largest absolute Gasteiger partial charge is 0.410 e. The number of allylic oxidation sites excluding steroid dienone is 4. The average molecular weight is 506 g/mol.